The van der Waals surface area contributed by atoms with Crippen molar-refractivity contribution in [2.75, 3.05) is 32.8 Å². The van der Waals surface area contributed by atoms with Gasteiger partial charge in [0.15, 0.2) is 0 Å². The Labute approximate surface area is 148 Å². The fraction of sp³-hybridized carbons (Fsp3) is 0.400. The first kappa shape index (κ1) is 17.4. The zero-order valence-electron chi connectivity index (χ0n) is 14.1. The lowest BCUT2D eigenvalue weighted by Gasteiger charge is -2.41. The van der Waals surface area contributed by atoms with Crippen molar-refractivity contribution in [2.45, 2.75) is 19.0 Å². The maximum absolute atomic E-state index is 9.42. The van der Waals surface area contributed by atoms with E-state index in [9.17, 15) is 5.11 Å². The van der Waals surface area contributed by atoms with Gasteiger partial charge < -0.3 is 5.11 Å². The number of nitrogens with zero attached hydrogens (tertiary/aromatic N) is 2. The molecule has 1 aliphatic rings. The molecule has 0 spiro atoms. The summed E-state index contributed by atoms with van der Waals surface area (Å²) in [6, 6.07) is 15.2. The van der Waals surface area contributed by atoms with Crippen molar-refractivity contribution in [1.29, 1.82) is 0 Å². The van der Waals surface area contributed by atoms with E-state index in [1.165, 1.54) is 10.4 Å². The average molecular weight is 343 g/mol. The van der Waals surface area contributed by atoms with Crippen molar-refractivity contribution < 1.29 is 5.11 Å². The summed E-state index contributed by atoms with van der Waals surface area (Å²) in [5.74, 6) is 0. The summed E-state index contributed by atoms with van der Waals surface area (Å²) >= 11 is 1.82. The molecular formula is C20H26N2OS. The highest BCUT2D eigenvalue weighted by Crippen LogP contribution is 2.19. The fourth-order valence-electron chi connectivity index (χ4n) is 3.26. The molecule has 1 aromatic heterocycles. The standard InChI is InChI=1S/C20H26N2OS/c23-14-10-19-16-21(11-4-8-18-6-2-1-3-7-18)12-13-22(19)17-20-9-5-15-24-20/h1-9,15,19,23H,10-14,16-17H2/b8-4+/t19-/m0/s1. The van der Waals surface area contributed by atoms with Crippen LogP contribution in [0.15, 0.2) is 53.9 Å². The molecule has 1 N–H and O–H groups in total. The van der Waals surface area contributed by atoms with Gasteiger partial charge >= 0.3 is 0 Å². The van der Waals surface area contributed by atoms with Gasteiger partial charge in [0.25, 0.3) is 0 Å². The van der Waals surface area contributed by atoms with Gasteiger partial charge in [-0.2, -0.15) is 0 Å². The first-order valence-corrected chi connectivity index (χ1v) is 9.54. The topological polar surface area (TPSA) is 26.7 Å². The summed E-state index contributed by atoms with van der Waals surface area (Å²) in [5.41, 5.74) is 1.25. The highest BCUT2D eigenvalue weighted by atomic mass is 32.1. The fourth-order valence-corrected chi connectivity index (χ4v) is 3.99. The van der Waals surface area contributed by atoms with E-state index in [0.717, 1.165) is 39.1 Å². The van der Waals surface area contributed by atoms with Crippen LogP contribution >= 0.6 is 11.3 Å². The molecule has 3 rings (SSSR count). The van der Waals surface area contributed by atoms with Crippen LogP contribution in [0.25, 0.3) is 6.08 Å². The van der Waals surface area contributed by atoms with Gasteiger partial charge in [-0.1, -0.05) is 48.6 Å². The summed E-state index contributed by atoms with van der Waals surface area (Å²) < 4.78 is 0. The van der Waals surface area contributed by atoms with Crippen LogP contribution in [-0.4, -0.2) is 53.7 Å². The smallest absolute Gasteiger partial charge is 0.0446 e. The third-order valence-corrected chi connectivity index (χ3v) is 5.42. The van der Waals surface area contributed by atoms with E-state index in [2.05, 4.69) is 63.7 Å². The predicted octanol–water partition coefficient (Wildman–Crippen LogP) is 3.33. The Bertz CT molecular complexity index is 612. The molecule has 2 aromatic rings. The molecule has 128 valence electrons. The number of aliphatic hydroxyl groups is 1. The molecule has 1 aliphatic heterocycles. The van der Waals surface area contributed by atoms with Gasteiger partial charge in [-0.05, 0) is 23.4 Å². The Morgan fingerprint density at radius 2 is 2.00 bits per heavy atom. The van der Waals surface area contributed by atoms with Crippen LogP contribution < -0.4 is 0 Å². The maximum atomic E-state index is 9.42. The van der Waals surface area contributed by atoms with Crippen LogP contribution in [0.2, 0.25) is 0 Å². The van der Waals surface area contributed by atoms with Crippen molar-refractivity contribution >= 4 is 17.4 Å². The van der Waals surface area contributed by atoms with Crippen LogP contribution in [0, 0.1) is 0 Å². The minimum Gasteiger partial charge on any atom is -0.396 e. The van der Waals surface area contributed by atoms with Gasteiger partial charge in [0.05, 0.1) is 0 Å². The molecule has 0 unspecified atom stereocenters. The van der Waals surface area contributed by atoms with Crippen LogP contribution in [0.4, 0.5) is 0 Å². The lowest BCUT2D eigenvalue weighted by atomic mass is 10.1. The van der Waals surface area contributed by atoms with Crippen LogP contribution in [0.1, 0.15) is 16.9 Å². The summed E-state index contributed by atoms with van der Waals surface area (Å²) in [7, 11) is 0. The Kier molecular flexibility index (Phi) is 6.61. The molecule has 0 amide bonds. The molecule has 1 aromatic carbocycles. The van der Waals surface area contributed by atoms with E-state index in [1.807, 2.05) is 17.4 Å². The number of hydrogen-bond donors (Lipinski definition) is 1. The molecule has 1 atom stereocenters. The van der Waals surface area contributed by atoms with E-state index in [4.69, 9.17) is 0 Å². The molecule has 1 fully saturated rings. The number of hydrogen-bond acceptors (Lipinski definition) is 4. The third-order valence-electron chi connectivity index (χ3n) is 4.56. The Hall–Kier alpha value is -1.46. The zero-order valence-corrected chi connectivity index (χ0v) is 14.9. The van der Waals surface area contributed by atoms with Crippen molar-refractivity contribution in [1.82, 2.24) is 9.80 Å². The molecule has 3 nitrogen and oxygen atoms in total. The molecule has 24 heavy (non-hydrogen) atoms. The van der Waals surface area contributed by atoms with Gasteiger partial charge in [-0.15, -0.1) is 11.3 Å². The second kappa shape index (κ2) is 9.14. The lowest BCUT2D eigenvalue weighted by Crippen LogP contribution is -2.52. The highest BCUT2D eigenvalue weighted by molar-refractivity contribution is 7.09. The van der Waals surface area contributed by atoms with Crippen LogP contribution in [0.5, 0.6) is 0 Å². The minimum absolute atomic E-state index is 0.263. The quantitative estimate of drug-likeness (QED) is 0.836. The second-order valence-corrected chi connectivity index (χ2v) is 7.32. The molecule has 0 radical (unpaired) electrons. The van der Waals surface area contributed by atoms with E-state index < -0.39 is 0 Å². The Morgan fingerprint density at radius 1 is 1.12 bits per heavy atom. The monoisotopic (exact) mass is 342 g/mol. The SMILES string of the molecule is OCC[C@H]1CN(C/C=C/c2ccccc2)CCN1Cc1cccs1. The van der Waals surface area contributed by atoms with Crippen molar-refractivity contribution in [3.05, 3.63) is 64.4 Å². The second-order valence-electron chi connectivity index (χ2n) is 6.29. The van der Waals surface area contributed by atoms with Crippen LogP contribution in [-0.2, 0) is 6.54 Å². The van der Waals surface area contributed by atoms with E-state index in [-0.39, 0.29) is 6.61 Å². The van der Waals surface area contributed by atoms with Crippen LogP contribution in [0.3, 0.4) is 0 Å². The maximum Gasteiger partial charge on any atom is 0.0446 e. The summed E-state index contributed by atoms with van der Waals surface area (Å²) in [6.45, 7) is 5.44. The molecule has 0 bridgehead atoms. The molecule has 2 heterocycles. The Balaban J connectivity index is 1.53. The third kappa shape index (κ3) is 5.02. The van der Waals surface area contributed by atoms with Gasteiger partial charge in [0.2, 0.25) is 0 Å². The van der Waals surface area contributed by atoms with E-state index in [1.54, 1.807) is 0 Å². The summed E-state index contributed by atoms with van der Waals surface area (Å²) in [6.07, 6.45) is 5.30. The predicted molar refractivity (Wildman–Crippen MR) is 102 cm³/mol. The zero-order chi connectivity index (χ0) is 16.6. The lowest BCUT2D eigenvalue weighted by molar-refractivity contribution is 0.0604. The average Bonchev–Trinajstić information content (AvgIpc) is 3.11. The first-order chi connectivity index (χ1) is 11.8. The molecular weight excluding hydrogens is 316 g/mol. The molecule has 0 aliphatic carbocycles. The van der Waals surface area contributed by atoms with Gasteiger partial charge in [-0.3, -0.25) is 9.80 Å². The van der Waals surface area contributed by atoms with Crippen molar-refractivity contribution in [2.24, 2.45) is 0 Å². The number of aliphatic hydroxyl groups excluding tert-OH is 1. The summed E-state index contributed by atoms with van der Waals surface area (Å²) in [5, 5.41) is 11.6. The highest BCUT2D eigenvalue weighted by Gasteiger charge is 2.26. The van der Waals surface area contributed by atoms with E-state index >= 15 is 0 Å². The summed E-state index contributed by atoms with van der Waals surface area (Å²) in [4.78, 5) is 6.43. The largest absolute Gasteiger partial charge is 0.396 e. The van der Waals surface area contributed by atoms with E-state index in [0.29, 0.717) is 6.04 Å². The van der Waals surface area contributed by atoms with Gasteiger partial charge in [0, 0.05) is 50.2 Å². The number of benzene rings is 1. The van der Waals surface area contributed by atoms with Gasteiger partial charge in [0.1, 0.15) is 0 Å². The van der Waals surface area contributed by atoms with Crippen molar-refractivity contribution in [3.63, 3.8) is 0 Å². The van der Waals surface area contributed by atoms with Crippen molar-refractivity contribution in [3.8, 4) is 0 Å². The normalized spacial score (nSPS) is 20.0. The number of thiophene rings is 1. The first-order valence-electron chi connectivity index (χ1n) is 8.66. The number of piperazine rings is 1. The molecule has 4 heteroatoms. The molecule has 1 saturated heterocycles. The minimum atomic E-state index is 0.263. The Morgan fingerprint density at radius 3 is 2.75 bits per heavy atom. The number of rotatable bonds is 7. The molecule has 0 saturated carbocycles. The van der Waals surface area contributed by atoms with Gasteiger partial charge in [-0.25, -0.2) is 0 Å².